The van der Waals surface area contributed by atoms with Gasteiger partial charge in [-0.15, -0.1) is 0 Å². The number of ether oxygens (including phenoxy) is 1. The maximum absolute atomic E-state index is 10.8. The van der Waals surface area contributed by atoms with Crippen LogP contribution in [0.15, 0.2) is 30.3 Å². The zero-order valence-electron chi connectivity index (χ0n) is 6.69. The molecule has 0 spiro atoms. The Kier molecular flexibility index (Phi) is 1.70. The Hall–Kier alpha value is -1.15. The van der Waals surface area contributed by atoms with Gasteiger partial charge >= 0.3 is 0 Å². The van der Waals surface area contributed by atoms with Gasteiger partial charge in [0, 0.05) is 0 Å². The minimum Gasteiger partial charge on any atom is -0.379 e. The molecular formula is C10H10O2. The third-order valence-electron chi connectivity index (χ3n) is 2.29. The van der Waals surface area contributed by atoms with Crippen LogP contribution in [0.25, 0.3) is 0 Å². The number of hydrogen-bond acceptors (Lipinski definition) is 2. The fourth-order valence-electron chi connectivity index (χ4n) is 1.39. The third-order valence-corrected chi connectivity index (χ3v) is 2.29. The molecule has 0 N–H and O–H groups in total. The molecule has 1 fully saturated rings. The molecule has 1 aromatic carbocycles. The molecule has 2 nitrogen and oxygen atoms in total. The molecule has 62 valence electrons. The van der Waals surface area contributed by atoms with Crippen molar-refractivity contribution in [3.05, 3.63) is 35.9 Å². The van der Waals surface area contributed by atoms with Gasteiger partial charge in [-0.1, -0.05) is 30.3 Å². The van der Waals surface area contributed by atoms with Crippen molar-refractivity contribution in [2.45, 2.75) is 5.41 Å². The molecule has 1 heterocycles. The fourth-order valence-corrected chi connectivity index (χ4v) is 1.39. The maximum Gasteiger partial charge on any atom is 0.135 e. The minimum atomic E-state index is -0.346. The Labute approximate surface area is 71.2 Å². The first kappa shape index (κ1) is 7.50. The molecule has 2 heteroatoms. The average molecular weight is 162 g/mol. The summed E-state index contributed by atoms with van der Waals surface area (Å²) in [5.41, 5.74) is 0.715. The lowest BCUT2D eigenvalue weighted by Gasteiger charge is -2.36. The van der Waals surface area contributed by atoms with E-state index in [-0.39, 0.29) is 5.41 Å². The van der Waals surface area contributed by atoms with Gasteiger partial charge in [0.15, 0.2) is 0 Å². The zero-order valence-corrected chi connectivity index (χ0v) is 6.69. The molecular weight excluding hydrogens is 152 g/mol. The van der Waals surface area contributed by atoms with Gasteiger partial charge in [-0.05, 0) is 5.56 Å². The lowest BCUT2D eigenvalue weighted by Crippen LogP contribution is -2.48. The lowest BCUT2D eigenvalue weighted by molar-refractivity contribution is -0.129. The van der Waals surface area contributed by atoms with E-state index in [2.05, 4.69) is 0 Å². The van der Waals surface area contributed by atoms with Crippen LogP contribution in [0.3, 0.4) is 0 Å². The van der Waals surface area contributed by atoms with Gasteiger partial charge in [-0.3, -0.25) is 0 Å². The second kappa shape index (κ2) is 2.72. The molecule has 0 unspecified atom stereocenters. The summed E-state index contributed by atoms with van der Waals surface area (Å²) in [7, 11) is 0. The van der Waals surface area contributed by atoms with Crippen molar-refractivity contribution in [1.82, 2.24) is 0 Å². The Balaban J connectivity index is 2.34. The molecule has 0 aliphatic carbocycles. The van der Waals surface area contributed by atoms with Gasteiger partial charge < -0.3 is 9.53 Å². The van der Waals surface area contributed by atoms with E-state index in [0.717, 1.165) is 11.8 Å². The number of rotatable bonds is 2. The second-order valence-corrected chi connectivity index (χ2v) is 3.13. The van der Waals surface area contributed by atoms with Crippen LogP contribution in [0.2, 0.25) is 0 Å². The van der Waals surface area contributed by atoms with Gasteiger partial charge in [-0.2, -0.15) is 0 Å². The predicted molar refractivity (Wildman–Crippen MR) is 45.0 cm³/mol. The van der Waals surface area contributed by atoms with E-state index in [1.165, 1.54) is 0 Å². The fraction of sp³-hybridized carbons (Fsp3) is 0.300. The highest BCUT2D eigenvalue weighted by atomic mass is 16.5. The van der Waals surface area contributed by atoms with E-state index in [9.17, 15) is 4.79 Å². The summed E-state index contributed by atoms with van der Waals surface area (Å²) in [4.78, 5) is 10.8. The molecule has 1 aliphatic rings. The van der Waals surface area contributed by atoms with Crippen LogP contribution in [0, 0.1) is 0 Å². The van der Waals surface area contributed by atoms with Crippen LogP contribution in [0.5, 0.6) is 0 Å². The monoisotopic (exact) mass is 162 g/mol. The van der Waals surface area contributed by atoms with Crippen molar-refractivity contribution in [1.29, 1.82) is 0 Å². The Morgan fingerprint density at radius 1 is 1.25 bits per heavy atom. The van der Waals surface area contributed by atoms with Crippen LogP contribution in [0.1, 0.15) is 5.56 Å². The highest BCUT2D eigenvalue weighted by Gasteiger charge is 2.39. The lowest BCUT2D eigenvalue weighted by atomic mass is 9.80. The molecule has 12 heavy (non-hydrogen) atoms. The van der Waals surface area contributed by atoms with Crippen molar-refractivity contribution >= 4 is 6.29 Å². The number of carbonyl (C=O) groups excluding carboxylic acids is 1. The van der Waals surface area contributed by atoms with E-state index in [0.29, 0.717) is 13.2 Å². The molecule has 0 amide bonds. The molecule has 1 aromatic rings. The third kappa shape index (κ3) is 0.959. The van der Waals surface area contributed by atoms with E-state index < -0.39 is 0 Å². The Morgan fingerprint density at radius 3 is 2.33 bits per heavy atom. The largest absolute Gasteiger partial charge is 0.379 e. The summed E-state index contributed by atoms with van der Waals surface area (Å²) >= 11 is 0. The zero-order chi connectivity index (χ0) is 8.44. The minimum absolute atomic E-state index is 0.346. The summed E-state index contributed by atoms with van der Waals surface area (Å²) in [5.74, 6) is 0. The van der Waals surface area contributed by atoms with Crippen molar-refractivity contribution in [3.63, 3.8) is 0 Å². The SMILES string of the molecule is O=CC1(c2ccccc2)COC1. The molecule has 0 aromatic heterocycles. The van der Waals surface area contributed by atoms with E-state index in [4.69, 9.17) is 4.74 Å². The van der Waals surface area contributed by atoms with E-state index in [1.807, 2.05) is 30.3 Å². The summed E-state index contributed by atoms with van der Waals surface area (Å²) in [5, 5.41) is 0. The van der Waals surface area contributed by atoms with E-state index >= 15 is 0 Å². The summed E-state index contributed by atoms with van der Waals surface area (Å²) in [6.45, 7) is 1.06. The standard InChI is InChI=1S/C10H10O2/c11-6-10(7-12-8-10)9-4-2-1-3-5-9/h1-6H,7-8H2. The van der Waals surface area contributed by atoms with E-state index in [1.54, 1.807) is 0 Å². The van der Waals surface area contributed by atoms with Gasteiger partial charge in [0.05, 0.1) is 18.6 Å². The highest BCUT2D eigenvalue weighted by Crippen LogP contribution is 2.29. The highest BCUT2D eigenvalue weighted by molar-refractivity contribution is 5.70. The first-order chi connectivity index (χ1) is 5.87. The molecule has 1 saturated heterocycles. The predicted octanol–water partition coefficient (Wildman–Crippen LogP) is 1.15. The summed E-state index contributed by atoms with van der Waals surface area (Å²) in [6.07, 6.45) is 0.992. The first-order valence-electron chi connectivity index (χ1n) is 3.97. The topological polar surface area (TPSA) is 26.3 Å². The van der Waals surface area contributed by atoms with Crippen molar-refractivity contribution in [2.24, 2.45) is 0 Å². The second-order valence-electron chi connectivity index (χ2n) is 3.13. The molecule has 2 rings (SSSR count). The normalized spacial score (nSPS) is 19.7. The van der Waals surface area contributed by atoms with Gasteiger partial charge in [0.25, 0.3) is 0 Å². The van der Waals surface area contributed by atoms with Crippen molar-refractivity contribution in [2.75, 3.05) is 13.2 Å². The number of carbonyl (C=O) groups is 1. The van der Waals surface area contributed by atoms with Crippen molar-refractivity contribution < 1.29 is 9.53 Å². The van der Waals surface area contributed by atoms with Crippen LogP contribution >= 0.6 is 0 Å². The quantitative estimate of drug-likeness (QED) is 0.610. The molecule has 0 saturated carbocycles. The molecule has 0 radical (unpaired) electrons. The summed E-state index contributed by atoms with van der Waals surface area (Å²) in [6, 6.07) is 9.77. The van der Waals surface area contributed by atoms with Gasteiger partial charge in [-0.25, -0.2) is 0 Å². The Bertz CT molecular complexity index is 275. The molecule has 0 bridgehead atoms. The van der Waals surface area contributed by atoms with Gasteiger partial charge in [0.2, 0.25) is 0 Å². The first-order valence-corrected chi connectivity index (χ1v) is 3.97. The van der Waals surface area contributed by atoms with Crippen LogP contribution in [-0.2, 0) is 14.9 Å². The summed E-state index contributed by atoms with van der Waals surface area (Å²) < 4.78 is 5.05. The van der Waals surface area contributed by atoms with Crippen molar-refractivity contribution in [3.8, 4) is 0 Å². The maximum atomic E-state index is 10.8. The number of hydrogen-bond donors (Lipinski definition) is 0. The number of aldehydes is 1. The van der Waals surface area contributed by atoms with Gasteiger partial charge in [0.1, 0.15) is 6.29 Å². The van der Waals surface area contributed by atoms with Crippen LogP contribution in [0.4, 0.5) is 0 Å². The number of benzene rings is 1. The van der Waals surface area contributed by atoms with Crippen LogP contribution < -0.4 is 0 Å². The average Bonchev–Trinajstić information content (AvgIpc) is 2.05. The molecule has 0 atom stereocenters. The molecule has 1 aliphatic heterocycles. The van der Waals surface area contributed by atoms with Crippen LogP contribution in [-0.4, -0.2) is 19.5 Å². The Morgan fingerprint density at radius 2 is 1.92 bits per heavy atom. The smallest absolute Gasteiger partial charge is 0.135 e.